The van der Waals surface area contributed by atoms with Crippen LogP contribution in [0.4, 0.5) is 29.5 Å². The Hall–Kier alpha value is -4.46. The van der Waals surface area contributed by atoms with Crippen LogP contribution in [-0.4, -0.2) is 54.3 Å². The number of nitrogens with one attached hydrogen (secondary N) is 3. The summed E-state index contributed by atoms with van der Waals surface area (Å²) >= 11 is 0. The highest BCUT2D eigenvalue weighted by Gasteiger charge is 2.32. The summed E-state index contributed by atoms with van der Waals surface area (Å²) in [7, 11) is 0. The Labute approximate surface area is 253 Å². The molecule has 0 atom stereocenters. The maximum Gasteiger partial charge on any atom is 0.416 e. The monoisotopic (exact) mass is 619 g/mol. The van der Waals surface area contributed by atoms with Crippen molar-refractivity contribution in [2.24, 2.45) is 5.92 Å². The maximum absolute atomic E-state index is 13.5. The van der Waals surface area contributed by atoms with E-state index in [0.29, 0.717) is 13.2 Å². The first kappa shape index (κ1) is 34.0. The fraction of sp³-hybridized carbons (Fsp3) is 0.433. The summed E-state index contributed by atoms with van der Waals surface area (Å²) in [5.41, 5.74) is -0.800. The number of carbonyl (C=O) groups excluding carboxylic acids is 3. The molecular formula is C30H38F3N6O5+. The van der Waals surface area contributed by atoms with Crippen molar-refractivity contribution in [3.63, 3.8) is 0 Å². The second kappa shape index (κ2) is 16.4. The number of hydrogen-bond donors (Lipinski definition) is 3. The van der Waals surface area contributed by atoms with Crippen molar-refractivity contribution in [3.8, 4) is 0 Å². The largest absolute Gasteiger partial charge is 0.465 e. The highest BCUT2D eigenvalue weighted by Crippen LogP contribution is 2.32. The van der Waals surface area contributed by atoms with Gasteiger partial charge in [0.05, 0.1) is 18.7 Å². The van der Waals surface area contributed by atoms with Gasteiger partial charge in [-0.25, -0.2) is 4.79 Å². The van der Waals surface area contributed by atoms with Gasteiger partial charge in [0.25, 0.3) is 12.1 Å². The highest BCUT2D eigenvalue weighted by atomic mass is 19.4. The second-order valence-electron chi connectivity index (χ2n) is 9.86. The molecule has 11 nitrogen and oxygen atoms in total. The number of anilines is 2. The molecule has 14 heteroatoms. The van der Waals surface area contributed by atoms with E-state index in [4.69, 9.17) is 9.26 Å². The molecule has 2 heterocycles. The van der Waals surface area contributed by atoms with E-state index in [1.807, 2.05) is 18.7 Å². The minimum Gasteiger partial charge on any atom is -0.465 e. The lowest BCUT2D eigenvalue weighted by atomic mass is 9.97. The van der Waals surface area contributed by atoms with E-state index in [1.54, 1.807) is 37.3 Å². The number of alkyl halides is 3. The number of carbonyl (C=O) groups is 3. The summed E-state index contributed by atoms with van der Waals surface area (Å²) in [5.74, 6) is -0.711. The molecule has 44 heavy (non-hydrogen) atoms. The van der Waals surface area contributed by atoms with E-state index in [-0.39, 0.29) is 42.1 Å². The molecular weight excluding hydrogens is 581 g/mol. The predicted octanol–water partition coefficient (Wildman–Crippen LogP) is 4.86. The average molecular weight is 620 g/mol. The molecule has 3 aromatic rings. The van der Waals surface area contributed by atoms with Crippen LogP contribution in [-0.2, 0) is 28.8 Å². The predicted molar refractivity (Wildman–Crippen MR) is 156 cm³/mol. The van der Waals surface area contributed by atoms with E-state index in [2.05, 4.69) is 21.2 Å². The Kier molecular flexibility index (Phi) is 12.7. The van der Waals surface area contributed by atoms with Gasteiger partial charge >= 0.3 is 24.1 Å². The molecule has 0 radical (unpaired) electrons. The molecule has 0 aliphatic carbocycles. The Morgan fingerprint density at radius 2 is 1.77 bits per heavy atom. The number of benzene rings is 2. The van der Waals surface area contributed by atoms with E-state index in [9.17, 15) is 27.6 Å². The van der Waals surface area contributed by atoms with Gasteiger partial charge in [0, 0.05) is 23.7 Å². The summed E-state index contributed by atoms with van der Waals surface area (Å²) < 4.78 is 52.3. The Bertz CT molecular complexity index is 1370. The van der Waals surface area contributed by atoms with Gasteiger partial charge in [0.15, 0.2) is 6.54 Å². The van der Waals surface area contributed by atoms with E-state index in [0.717, 1.165) is 49.7 Å². The molecule has 1 aromatic heterocycles. The lowest BCUT2D eigenvalue weighted by Crippen LogP contribution is -2.44. The number of urea groups is 1. The van der Waals surface area contributed by atoms with Gasteiger partial charge in [-0.3, -0.25) is 24.3 Å². The minimum atomic E-state index is -4.74. The number of piperidine rings is 1. The van der Waals surface area contributed by atoms with Crippen LogP contribution in [0.2, 0.25) is 0 Å². The molecule has 0 bridgehead atoms. The molecule has 1 aliphatic heterocycles. The zero-order valence-corrected chi connectivity index (χ0v) is 24.9. The number of amides is 3. The molecule has 1 fully saturated rings. The number of esters is 1. The number of rotatable bonds is 10. The molecule has 0 saturated carbocycles. The number of hydrogen-bond acceptors (Lipinski definition) is 7. The number of likely N-dealkylation sites (tertiary alicyclic amines) is 1. The smallest absolute Gasteiger partial charge is 0.416 e. The van der Waals surface area contributed by atoms with Gasteiger partial charge < -0.3 is 15.4 Å². The van der Waals surface area contributed by atoms with Crippen molar-refractivity contribution < 1.29 is 41.5 Å². The molecule has 1 saturated heterocycles. The maximum atomic E-state index is 13.5. The third kappa shape index (κ3) is 10.7. The first-order valence-electron chi connectivity index (χ1n) is 14.5. The van der Waals surface area contributed by atoms with Gasteiger partial charge in [-0.15, -0.1) is 0 Å². The van der Waals surface area contributed by atoms with Crippen LogP contribution in [0, 0.1) is 5.92 Å². The third-order valence-corrected chi connectivity index (χ3v) is 6.63. The van der Waals surface area contributed by atoms with E-state index >= 15 is 0 Å². The Balaban J connectivity index is 0.00000259. The van der Waals surface area contributed by atoms with Crippen LogP contribution >= 0.6 is 0 Å². The zero-order chi connectivity index (χ0) is 32.1. The third-order valence-electron chi connectivity index (χ3n) is 6.63. The normalized spacial score (nSPS) is 13.8. The van der Waals surface area contributed by atoms with Gasteiger partial charge in [0.1, 0.15) is 0 Å². The number of aromatic nitrogens is 2. The molecule has 4 rings (SSSR count). The number of halogens is 3. The van der Waals surface area contributed by atoms with Gasteiger partial charge in [0.2, 0.25) is 5.27 Å². The topological polar surface area (TPSA) is 130 Å². The van der Waals surface area contributed by atoms with Crippen LogP contribution in [0.3, 0.4) is 0 Å². The zero-order valence-electron chi connectivity index (χ0n) is 24.9. The van der Waals surface area contributed by atoms with Crippen LogP contribution < -0.4 is 20.6 Å². The van der Waals surface area contributed by atoms with Crippen molar-refractivity contribution in [1.29, 1.82) is 0 Å². The summed E-state index contributed by atoms with van der Waals surface area (Å²) in [6, 6.07) is 10.7. The van der Waals surface area contributed by atoms with Crippen LogP contribution in [0.25, 0.3) is 0 Å². The molecule has 3 amide bonds. The molecule has 0 unspecified atom stereocenters. The van der Waals surface area contributed by atoms with Gasteiger partial charge in [-0.1, -0.05) is 48.9 Å². The average Bonchev–Trinajstić information content (AvgIpc) is 3.44. The van der Waals surface area contributed by atoms with Gasteiger partial charge in [-0.05, 0) is 56.6 Å². The number of nitrogens with zero attached hydrogens (tertiary/aromatic N) is 3. The number of ether oxygens (including phenoxy) is 1. The van der Waals surface area contributed by atoms with Crippen molar-refractivity contribution >= 4 is 29.5 Å². The summed E-state index contributed by atoms with van der Waals surface area (Å²) in [6.45, 7) is 8.48. The first-order chi connectivity index (χ1) is 21.1. The van der Waals surface area contributed by atoms with Crippen LogP contribution in [0.5, 0.6) is 0 Å². The van der Waals surface area contributed by atoms with Crippen molar-refractivity contribution in [2.75, 3.05) is 36.9 Å². The molecule has 0 spiro atoms. The van der Waals surface area contributed by atoms with Crippen molar-refractivity contribution in [1.82, 2.24) is 15.5 Å². The highest BCUT2D eigenvalue weighted by molar-refractivity contribution is 6.01. The van der Waals surface area contributed by atoms with Gasteiger partial charge in [-0.2, -0.15) is 13.2 Å². The summed E-state index contributed by atoms with van der Waals surface area (Å²) in [5, 5.41) is 11.2. The fourth-order valence-electron chi connectivity index (χ4n) is 4.55. The molecule has 3 N–H and O–H groups in total. The van der Waals surface area contributed by atoms with Crippen molar-refractivity contribution in [3.05, 3.63) is 71.4 Å². The van der Waals surface area contributed by atoms with Crippen LogP contribution in [0.15, 0.2) is 59.3 Å². The summed E-state index contributed by atoms with van der Waals surface area (Å²) in [6.07, 6.45) is -1.61. The van der Waals surface area contributed by atoms with Crippen molar-refractivity contribution in [2.45, 2.75) is 52.9 Å². The molecule has 238 valence electrons. The quantitative estimate of drug-likeness (QED) is 0.218. The Morgan fingerprint density at radius 1 is 1.07 bits per heavy atom. The lowest BCUT2D eigenvalue weighted by Gasteiger charge is -2.29. The minimum absolute atomic E-state index is 0.0138. The van der Waals surface area contributed by atoms with Crippen LogP contribution in [0.1, 0.15) is 55.1 Å². The van der Waals surface area contributed by atoms with E-state index < -0.39 is 23.7 Å². The second-order valence-corrected chi connectivity index (χ2v) is 9.86. The lowest BCUT2D eigenvalue weighted by molar-refractivity contribution is -0.767. The Morgan fingerprint density at radius 3 is 2.43 bits per heavy atom. The molecule has 2 aromatic carbocycles. The molecule has 1 aliphatic rings. The first-order valence-corrected chi connectivity index (χ1v) is 14.5. The summed E-state index contributed by atoms with van der Waals surface area (Å²) in [4.78, 5) is 38.9. The van der Waals surface area contributed by atoms with E-state index in [1.165, 1.54) is 10.9 Å². The fourth-order valence-corrected chi connectivity index (χ4v) is 4.55. The SMILES string of the molecule is CC.CCOC(=O)CN1CCC(C[n+]2cc(NC(=O)Nc3cc(C(=O)NCc4ccccc4)cc(C(F)(F)F)c3)on2)CC1. The standard InChI is InChI=1S/C28H31F3N6O5.C2H6/c1-2-41-25(38)18-36-10-8-20(9-11-36)16-37-17-24(42-35-37)34-27(40)33-23-13-21(12-22(14-23)28(29,30)31)26(39)32-15-19-6-4-3-5-7-19;1-2/h3-7,12-14,17,20H,2,8-11,15-16,18H2,1H3,(H2-,32,33,34,35,39,40);1-2H3/p+1.